The highest BCUT2D eigenvalue weighted by atomic mass is 79.9. The lowest BCUT2D eigenvalue weighted by Gasteiger charge is -2.03. The zero-order chi connectivity index (χ0) is 14.5. The smallest absolute Gasteiger partial charge is 0.138 e. The third-order valence-corrected chi connectivity index (χ3v) is 3.82. The summed E-state index contributed by atoms with van der Waals surface area (Å²) in [7, 11) is 0. The molecule has 2 aromatic carbocycles. The van der Waals surface area contributed by atoms with E-state index in [0.717, 1.165) is 16.5 Å². The van der Waals surface area contributed by atoms with Gasteiger partial charge in [0.2, 0.25) is 0 Å². The highest BCUT2D eigenvalue weighted by molar-refractivity contribution is 9.11. The predicted molar refractivity (Wildman–Crippen MR) is 87.8 cm³/mol. The number of aromatic hydroxyl groups is 2. The van der Waals surface area contributed by atoms with Crippen molar-refractivity contribution in [2.75, 3.05) is 6.54 Å². The number of hydrogen-bond acceptors (Lipinski definition) is 3. The molecule has 3 nitrogen and oxygen atoms in total. The first-order valence-corrected chi connectivity index (χ1v) is 7.60. The number of benzene rings is 2. The molecule has 0 heterocycles. The Morgan fingerprint density at radius 1 is 1.05 bits per heavy atom. The molecule has 0 saturated heterocycles. The maximum Gasteiger partial charge on any atom is 0.138 e. The fraction of sp³-hybridized carbons (Fsp3) is 0.133. The van der Waals surface area contributed by atoms with Crippen molar-refractivity contribution < 1.29 is 10.2 Å². The number of nitrogens with zero attached hydrogens (tertiary/aromatic N) is 1. The number of halogens is 2. The molecule has 5 heteroatoms. The summed E-state index contributed by atoms with van der Waals surface area (Å²) in [6.07, 6.45) is 2.44. The first-order chi connectivity index (χ1) is 9.56. The summed E-state index contributed by atoms with van der Waals surface area (Å²) in [4.78, 5) is 4.31. The van der Waals surface area contributed by atoms with Gasteiger partial charge in [-0.05, 0) is 52.2 Å². The molecule has 0 unspecified atom stereocenters. The van der Waals surface area contributed by atoms with Crippen LogP contribution in [0.1, 0.15) is 11.1 Å². The van der Waals surface area contributed by atoms with E-state index in [-0.39, 0.29) is 11.5 Å². The van der Waals surface area contributed by atoms with E-state index in [1.54, 1.807) is 24.4 Å². The van der Waals surface area contributed by atoms with Crippen molar-refractivity contribution in [3.05, 3.63) is 56.5 Å². The minimum atomic E-state index is 0.182. The number of phenols is 2. The highest BCUT2D eigenvalue weighted by Crippen LogP contribution is 2.30. The molecular formula is C15H13Br2NO2. The topological polar surface area (TPSA) is 52.8 Å². The molecule has 20 heavy (non-hydrogen) atoms. The molecule has 104 valence electrons. The van der Waals surface area contributed by atoms with Gasteiger partial charge in [0.15, 0.2) is 0 Å². The van der Waals surface area contributed by atoms with Crippen LogP contribution in [-0.2, 0) is 6.42 Å². The van der Waals surface area contributed by atoms with Crippen LogP contribution in [0.3, 0.4) is 0 Å². The van der Waals surface area contributed by atoms with Crippen LogP contribution >= 0.6 is 31.9 Å². The Kier molecular flexibility index (Phi) is 5.20. The van der Waals surface area contributed by atoms with Crippen LogP contribution in [0.2, 0.25) is 0 Å². The van der Waals surface area contributed by atoms with E-state index in [4.69, 9.17) is 0 Å². The monoisotopic (exact) mass is 397 g/mol. The van der Waals surface area contributed by atoms with Crippen molar-refractivity contribution in [1.29, 1.82) is 0 Å². The summed E-state index contributed by atoms with van der Waals surface area (Å²) in [5.74, 6) is 0.447. The van der Waals surface area contributed by atoms with Gasteiger partial charge in [-0.2, -0.15) is 0 Å². The van der Waals surface area contributed by atoms with E-state index in [0.29, 0.717) is 16.6 Å². The molecule has 2 aromatic rings. The summed E-state index contributed by atoms with van der Waals surface area (Å²) in [6, 6.07) is 10.7. The Labute approximate surface area is 134 Å². The molecule has 0 spiro atoms. The van der Waals surface area contributed by atoms with Gasteiger partial charge in [0, 0.05) is 22.8 Å². The van der Waals surface area contributed by atoms with Crippen LogP contribution in [0.15, 0.2) is 50.3 Å². The summed E-state index contributed by atoms with van der Waals surface area (Å²) in [5, 5.41) is 19.1. The van der Waals surface area contributed by atoms with Crippen LogP contribution < -0.4 is 0 Å². The number of aliphatic imine (C=N–C) groups is 1. The molecule has 0 atom stereocenters. The normalized spacial score (nSPS) is 11.1. The third kappa shape index (κ3) is 4.08. The Bertz CT molecular complexity index is 625. The lowest BCUT2D eigenvalue weighted by Crippen LogP contribution is -1.91. The second-order valence-electron chi connectivity index (χ2n) is 4.28. The fourth-order valence-electron chi connectivity index (χ4n) is 1.70. The SMILES string of the molecule is Oc1ccc(CCN=Cc2cc(Br)cc(Br)c2O)cc1. The molecule has 0 saturated carbocycles. The van der Waals surface area contributed by atoms with Gasteiger partial charge in [-0.15, -0.1) is 0 Å². The molecule has 0 aromatic heterocycles. The molecule has 0 amide bonds. The van der Waals surface area contributed by atoms with Crippen LogP contribution in [-0.4, -0.2) is 23.0 Å². The summed E-state index contributed by atoms with van der Waals surface area (Å²) >= 11 is 6.66. The van der Waals surface area contributed by atoms with Crippen molar-refractivity contribution in [2.45, 2.75) is 6.42 Å². The fourth-order valence-corrected chi connectivity index (χ4v) is 2.96. The highest BCUT2D eigenvalue weighted by Gasteiger charge is 2.04. The van der Waals surface area contributed by atoms with Crippen LogP contribution in [0.4, 0.5) is 0 Å². The first-order valence-electron chi connectivity index (χ1n) is 6.02. The zero-order valence-electron chi connectivity index (χ0n) is 10.6. The van der Waals surface area contributed by atoms with E-state index in [1.165, 1.54) is 0 Å². The van der Waals surface area contributed by atoms with Gasteiger partial charge in [-0.3, -0.25) is 4.99 Å². The van der Waals surface area contributed by atoms with E-state index in [2.05, 4.69) is 36.9 Å². The molecule has 2 N–H and O–H groups in total. The zero-order valence-corrected chi connectivity index (χ0v) is 13.7. The Morgan fingerprint density at radius 2 is 1.75 bits per heavy atom. The molecule has 2 rings (SSSR count). The number of phenolic OH excluding ortho intramolecular Hbond substituents is 2. The average molecular weight is 399 g/mol. The number of hydrogen-bond donors (Lipinski definition) is 2. The Balaban J connectivity index is 1.98. The van der Waals surface area contributed by atoms with E-state index in [1.807, 2.05) is 18.2 Å². The van der Waals surface area contributed by atoms with Crippen LogP contribution in [0.25, 0.3) is 0 Å². The number of rotatable bonds is 4. The van der Waals surface area contributed by atoms with Crippen molar-refractivity contribution in [2.24, 2.45) is 4.99 Å². The molecule has 0 aliphatic rings. The molecule has 0 aliphatic heterocycles. The Morgan fingerprint density at radius 3 is 2.45 bits per heavy atom. The first kappa shape index (κ1) is 15.1. The van der Waals surface area contributed by atoms with E-state index >= 15 is 0 Å². The van der Waals surface area contributed by atoms with Gasteiger partial charge in [0.25, 0.3) is 0 Å². The lowest BCUT2D eigenvalue weighted by molar-refractivity contribution is 0.471. The second kappa shape index (κ2) is 6.90. The van der Waals surface area contributed by atoms with Crippen LogP contribution in [0.5, 0.6) is 11.5 Å². The summed E-state index contributed by atoms with van der Waals surface area (Å²) < 4.78 is 1.51. The quantitative estimate of drug-likeness (QED) is 0.755. The maximum absolute atomic E-state index is 9.88. The minimum absolute atomic E-state index is 0.182. The third-order valence-electron chi connectivity index (χ3n) is 2.75. The standard InChI is InChI=1S/C15H13Br2NO2/c16-12-7-11(15(20)14(17)8-12)9-18-6-5-10-1-3-13(19)4-2-10/h1-4,7-9,19-20H,5-6H2. The second-order valence-corrected chi connectivity index (χ2v) is 6.05. The van der Waals surface area contributed by atoms with Gasteiger partial charge < -0.3 is 10.2 Å². The van der Waals surface area contributed by atoms with Gasteiger partial charge in [-0.1, -0.05) is 28.1 Å². The molecule has 0 aliphatic carbocycles. The van der Waals surface area contributed by atoms with Gasteiger partial charge in [0.05, 0.1) is 4.47 Å². The average Bonchev–Trinajstić information content (AvgIpc) is 2.42. The van der Waals surface area contributed by atoms with E-state index < -0.39 is 0 Å². The van der Waals surface area contributed by atoms with Crippen molar-refractivity contribution in [1.82, 2.24) is 0 Å². The van der Waals surface area contributed by atoms with Crippen molar-refractivity contribution >= 4 is 38.1 Å². The summed E-state index contributed by atoms with van der Waals surface area (Å²) in [6.45, 7) is 0.619. The van der Waals surface area contributed by atoms with Gasteiger partial charge in [-0.25, -0.2) is 0 Å². The van der Waals surface area contributed by atoms with E-state index in [9.17, 15) is 10.2 Å². The largest absolute Gasteiger partial charge is 0.508 e. The Hall–Kier alpha value is -1.33. The van der Waals surface area contributed by atoms with Gasteiger partial charge >= 0.3 is 0 Å². The predicted octanol–water partition coefficient (Wildman–Crippen LogP) is 4.28. The molecule has 0 bridgehead atoms. The lowest BCUT2D eigenvalue weighted by atomic mass is 10.1. The van der Waals surface area contributed by atoms with Crippen LogP contribution in [0, 0.1) is 0 Å². The van der Waals surface area contributed by atoms with Crippen molar-refractivity contribution in [3.8, 4) is 11.5 Å². The molecular weight excluding hydrogens is 386 g/mol. The van der Waals surface area contributed by atoms with Gasteiger partial charge in [0.1, 0.15) is 11.5 Å². The molecule has 0 fully saturated rings. The summed E-state index contributed by atoms with van der Waals surface area (Å²) in [5.41, 5.74) is 1.77. The maximum atomic E-state index is 9.88. The molecule has 0 radical (unpaired) electrons. The van der Waals surface area contributed by atoms with Crippen molar-refractivity contribution in [3.63, 3.8) is 0 Å². The minimum Gasteiger partial charge on any atom is -0.508 e.